The van der Waals surface area contributed by atoms with E-state index in [2.05, 4.69) is 10.1 Å². The molecule has 26 heavy (non-hydrogen) atoms. The number of rotatable bonds is 2. The van der Waals surface area contributed by atoms with Gasteiger partial charge in [-0.3, -0.25) is 4.79 Å². The Morgan fingerprint density at radius 3 is 2.81 bits per heavy atom. The highest BCUT2D eigenvalue weighted by Gasteiger charge is 2.49. The summed E-state index contributed by atoms with van der Waals surface area (Å²) in [6.45, 7) is 2.50. The van der Waals surface area contributed by atoms with Crippen LogP contribution in [0.5, 0.6) is 0 Å². The lowest BCUT2D eigenvalue weighted by atomic mass is 9.87. The highest BCUT2D eigenvalue weighted by Crippen LogP contribution is 2.39. The zero-order valence-electron chi connectivity index (χ0n) is 14.9. The number of carbonyl (C=O) groups is 1. The Kier molecular flexibility index (Phi) is 4.25. The third-order valence-electron chi connectivity index (χ3n) is 5.81. The first-order valence-electron chi connectivity index (χ1n) is 9.22. The van der Waals surface area contributed by atoms with Crippen molar-refractivity contribution in [2.45, 2.75) is 50.2 Å². The van der Waals surface area contributed by atoms with Crippen molar-refractivity contribution in [3.63, 3.8) is 0 Å². The van der Waals surface area contributed by atoms with Gasteiger partial charge in [-0.05, 0) is 25.3 Å². The average Bonchev–Trinajstić information content (AvgIpc) is 3.06. The minimum Gasteiger partial charge on any atom is -0.336 e. The van der Waals surface area contributed by atoms with Crippen LogP contribution in [0, 0.1) is 0 Å². The van der Waals surface area contributed by atoms with Gasteiger partial charge < -0.3 is 9.42 Å². The summed E-state index contributed by atoms with van der Waals surface area (Å²) in [6, 6.07) is 1.76. The molecular formula is C18H23N3O4S. The van der Waals surface area contributed by atoms with Gasteiger partial charge in [-0.1, -0.05) is 31.3 Å². The minimum atomic E-state index is -3.17. The first-order valence-corrected chi connectivity index (χ1v) is 10.9. The molecule has 8 heteroatoms. The van der Waals surface area contributed by atoms with Crippen LogP contribution in [-0.4, -0.2) is 53.0 Å². The molecule has 2 aromatic rings. The molecule has 1 spiro atoms. The highest BCUT2D eigenvalue weighted by molar-refractivity contribution is 7.92. The molecule has 0 radical (unpaired) electrons. The standard InChI is InChI=1S/C18H23N3O4S/c1-2-15-14-10-13(11-19-16(14)25-20-15)17(22)21-8-9-26(23,24)18(12-21)6-4-3-5-7-18/h10-11H,2-9,12H2,1H3. The number of nitrogens with zero attached hydrogens (tertiary/aromatic N) is 3. The largest absolute Gasteiger partial charge is 0.336 e. The Bertz CT molecular complexity index is 944. The van der Waals surface area contributed by atoms with Crippen LogP contribution in [0.25, 0.3) is 11.1 Å². The van der Waals surface area contributed by atoms with Crippen LogP contribution in [0.15, 0.2) is 16.8 Å². The highest BCUT2D eigenvalue weighted by atomic mass is 32.2. The molecule has 4 rings (SSSR count). The molecular weight excluding hydrogens is 354 g/mol. The summed E-state index contributed by atoms with van der Waals surface area (Å²) in [6.07, 6.45) is 6.39. The smallest absolute Gasteiger partial charge is 0.257 e. The van der Waals surface area contributed by atoms with Gasteiger partial charge >= 0.3 is 0 Å². The zero-order chi connectivity index (χ0) is 18.4. The van der Waals surface area contributed by atoms with Crippen LogP contribution in [0.4, 0.5) is 0 Å². The molecule has 2 aromatic heterocycles. The molecule has 1 aliphatic carbocycles. The van der Waals surface area contributed by atoms with E-state index in [1.807, 2.05) is 6.92 Å². The molecule has 7 nitrogen and oxygen atoms in total. The maximum atomic E-state index is 13.0. The monoisotopic (exact) mass is 377 g/mol. The molecule has 0 bridgehead atoms. The van der Waals surface area contributed by atoms with Gasteiger partial charge in [0.2, 0.25) is 0 Å². The van der Waals surface area contributed by atoms with Crippen molar-refractivity contribution in [1.29, 1.82) is 0 Å². The Morgan fingerprint density at radius 1 is 1.31 bits per heavy atom. The maximum absolute atomic E-state index is 13.0. The van der Waals surface area contributed by atoms with E-state index in [4.69, 9.17) is 4.52 Å². The number of aromatic nitrogens is 2. The molecule has 0 atom stereocenters. The lowest BCUT2D eigenvalue weighted by Gasteiger charge is -2.44. The second-order valence-corrected chi connectivity index (χ2v) is 9.85. The SMILES string of the molecule is CCc1noc2ncc(C(=O)N3CCS(=O)(=O)C4(CCCCC4)C3)cc12. The van der Waals surface area contributed by atoms with Gasteiger partial charge in [0.1, 0.15) is 0 Å². The maximum Gasteiger partial charge on any atom is 0.257 e. The van der Waals surface area contributed by atoms with E-state index >= 15 is 0 Å². The van der Waals surface area contributed by atoms with Crippen LogP contribution in [0.2, 0.25) is 0 Å². The molecule has 0 aromatic carbocycles. The van der Waals surface area contributed by atoms with Crippen LogP contribution >= 0.6 is 0 Å². The van der Waals surface area contributed by atoms with E-state index in [1.54, 1.807) is 11.0 Å². The van der Waals surface area contributed by atoms with Crippen LogP contribution in [-0.2, 0) is 16.3 Å². The van der Waals surface area contributed by atoms with E-state index in [-0.39, 0.29) is 24.7 Å². The number of aryl methyl sites for hydroxylation is 1. The van der Waals surface area contributed by atoms with Crippen molar-refractivity contribution in [2.75, 3.05) is 18.8 Å². The van der Waals surface area contributed by atoms with Gasteiger partial charge in [-0.2, -0.15) is 0 Å². The topological polar surface area (TPSA) is 93.4 Å². The summed E-state index contributed by atoms with van der Waals surface area (Å²) in [5.41, 5.74) is 1.65. The lowest BCUT2D eigenvalue weighted by molar-refractivity contribution is 0.0723. The second kappa shape index (κ2) is 6.33. The molecule has 2 aliphatic rings. The summed E-state index contributed by atoms with van der Waals surface area (Å²) in [5.74, 6) is -0.121. The molecule has 1 saturated heterocycles. The van der Waals surface area contributed by atoms with E-state index in [0.717, 1.165) is 30.3 Å². The summed E-state index contributed by atoms with van der Waals surface area (Å²) >= 11 is 0. The van der Waals surface area contributed by atoms with E-state index < -0.39 is 14.6 Å². The van der Waals surface area contributed by atoms with Crippen LogP contribution in [0.1, 0.15) is 55.1 Å². The van der Waals surface area contributed by atoms with E-state index in [9.17, 15) is 13.2 Å². The Morgan fingerprint density at radius 2 is 2.08 bits per heavy atom. The summed E-state index contributed by atoms with van der Waals surface area (Å²) < 4.78 is 29.8. The zero-order valence-corrected chi connectivity index (χ0v) is 15.7. The van der Waals surface area contributed by atoms with Crippen LogP contribution < -0.4 is 0 Å². The number of sulfone groups is 1. The molecule has 1 amide bonds. The predicted molar refractivity (Wildman–Crippen MR) is 96.7 cm³/mol. The molecule has 3 heterocycles. The third kappa shape index (κ3) is 2.71. The number of carbonyl (C=O) groups excluding carboxylic acids is 1. The quantitative estimate of drug-likeness (QED) is 0.797. The number of hydrogen-bond donors (Lipinski definition) is 0. The summed E-state index contributed by atoms with van der Waals surface area (Å²) in [4.78, 5) is 18.9. The lowest BCUT2D eigenvalue weighted by Crippen LogP contribution is -2.58. The van der Waals surface area contributed by atoms with Gasteiger partial charge in [0.25, 0.3) is 11.6 Å². The number of fused-ring (bicyclic) bond motifs is 1. The molecule has 0 unspecified atom stereocenters. The summed E-state index contributed by atoms with van der Waals surface area (Å²) in [7, 11) is -3.17. The molecule has 0 N–H and O–H groups in total. The fourth-order valence-electron chi connectivity index (χ4n) is 4.24. The predicted octanol–water partition coefficient (Wildman–Crippen LogP) is 2.36. The fourth-order valence-corrected chi connectivity index (χ4v) is 6.40. The number of amides is 1. The third-order valence-corrected chi connectivity index (χ3v) is 8.38. The van der Waals surface area contributed by atoms with E-state index in [0.29, 0.717) is 30.5 Å². The molecule has 2 fully saturated rings. The van der Waals surface area contributed by atoms with Gasteiger partial charge in [-0.25, -0.2) is 13.4 Å². The van der Waals surface area contributed by atoms with Crippen molar-refractivity contribution < 1.29 is 17.7 Å². The number of pyridine rings is 1. The average molecular weight is 377 g/mol. The molecule has 1 aliphatic heterocycles. The molecule has 140 valence electrons. The normalized spacial score (nSPS) is 22.0. The first kappa shape index (κ1) is 17.5. The molecule has 1 saturated carbocycles. The Labute approximate surface area is 152 Å². The second-order valence-electron chi connectivity index (χ2n) is 7.35. The van der Waals surface area contributed by atoms with Crippen molar-refractivity contribution >= 4 is 26.8 Å². The fraction of sp³-hybridized carbons (Fsp3) is 0.611. The van der Waals surface area contributed by atoms with Gasteiger partial charge in [0.05, 0.1) is 27.1 Å². The van der Waals surface area contributed by atoms with Gasteiger partial charge in [0.15, 0.2) is 9.84 Å². The van der Waals surface area contributed by atoms with Crippen molar-refractivity contribution in [3.05, 3.63) is 23.5 Å². The van der Waals surface area contributed by atoms with Crippen LogP contribution in [0.3, 0.4) is 0 Å². The Hall–Kier alpha value is -1.96. The first-order chi connectivity index (χ1) is 12.5. The van der Waals surface area contributed by atoms with Crippen molar-refractivity contribution in [2.24, 2.45) is 0 Å². The Balaban J connectivity index is 1.64. The van der Waals surface area contributed by atoms with Crippen molar-refractivity contribution in [1.82, 2.24) is 15.0 Å². The summed E-state index contributed by atoms with van der Waals surface area (Å²) in [5, 5.41) is 4.72. The van der Waals surface area contributed by atoms with Gasteiger partial charge in [-0.15, -0.1) is 0 Å². The van der Waals surface area contributed by atoms with Crippen molar-refractivity contribution in [3.8, 4) is 0 Å². The van der Waals surface area contributed by atoms with Gasteiger partial charge in [0, 0.05) is 19.3 Å². The number of hydrogen-bond acceptors (Lipinski definition) is 6. The minimum absolute atomic E-state index is 0.0435. The van der Waals surface area contributed by atoms with E-state index in [1.165, 1.54) is 6.20 Å².